The molecule has 1 N–H and O–H groups in total. The molecule has 0 aliphatic carbocycles. The maximum Gasteiger partial charge on any atom is 0.323 e. The average Bonchev–Trinajstić information content (AvgIpc) is 3.35. The van der Waals surface area contributed by atoms with E-state index in [1.54, 1.807) is 22.8 Å². The number of nitrogens with one attached hydrogen (secondary N) is 1. The molecule has 1 aromatic carbocycles. The molecule has 9 heteroatoms. The number of ether oxygens (including phenoxy) is 1. The zero-order valence-corrected chi connectivity index (χ0v) is 16.3. The third kappa shape index (κ3) is 4.45. The van der Waals surface area contributed by atoms with Gasteiger partial charge in [0, 0.05) is 37.1 Å². The second kappa shape index (κ2) is 9.13. The number of hydrogen-bond acceptors (Lipinski definition) is 5. The SMILES string of the molecule is COC(=O)[C@@H]1C[C@H](C(=O)NCCCn2cccn2)[C@H](c2cccc(F)c2F)N1C. The minimum atomic E-state index is -1.01. The van der Waals surface area contributed by atoms with Gasteiger partial charge in [-0.25, -0.2) is 8.78 Å². The number of hydrogen-bond donors (Lipinski definition) is 1. The number of carbonyl (C=O) groups excluding carboxylic acids is 2. The van der Waals surface area contributed by atoms with E-state index in [1.165, 1.54) is 19.2 Å². The van der Waals surface area contributed by atoms with Crippen LogP contribution in [0.4, 0.5) is 8.78 Å². The van der Waals surface area contributed by atoms with Crippen LogP contribution in [0.5, 0.6) is 0 Å². The minimum absolute atomic E-state index is 0.0515. The van der Waals surface area contributed by atoms with Crippen LogP contribution in [0.15, 0.2) is 36.7 Å². The molecule has 1 aliphatic heterocycles. The first-order valence-corrected chi connectivity index (χ1v) is 9.42. The molecule has 1 saturated heterocycles. The average molecular weight is 406 g/mol. The summed E-state index contributed by atoms with van der Waals surface area (Å²) < 4.78 is 34.9. The molecule has 7 nitrogen and oxygen atoms in total. The molecule has 0 bridgehead atoms. The van der Waals surface area contributed by atoms with Crippen molar-refractivity contribution < 1.29 is 23.1 Å². The summed E-state index contributed by atoms with van der Waals surface area (Å²) in [5, 5.41) is 6.94. The van der Waals surface area contributed by atoms with Crippen LogP contribution in [0, 0.1) is 17.6 Å². The van der Waals surface area contributed by atoms with Crippen LogP contribution in [0.25, 0.3) is 0 Å². The van der Waals surface area contributed by atoms with Crippen molar-refractivity contribution in [3.8, 4) is 0 Å². The summed E-state index contributed by atoms with van der Waals surface area (Å²) >= 11 is 0. The number of aromatic nitrogens is 2. The number of methoxy groups -OCH3 is 1. The lowest BCUT2D eigenvalue weighted by molar-refractivity contribution is -0.145. The predicted octanol–water partition coefficient (Wildman–Crippen LogP) is 1.90. The number of amides is 1. The van der Waals surface area contributed by atoms with Gasteiger partial charge >= 0.3 is 5.97 Å². The number of esters is 1. The van der Waals surface area contributed by atoms with Gasteiger partial charge in [-0.15, -0.1) is 0 Å². The third-order valence-electron chi connectivity index (χ3n) is 5.32. The van der Waals surface area contributed by atoms with Gasteiger partial charge in [-0.1, -0.05) is 12.1 Å². The molecule has 1 amide bonds. The molecular weight excluding hydrogens is 382 g/mol. The van der Waals surface area contributed by atoms with Gasteiger partial charge in [0.15, 0.2) is 11.6 Å². The maximum atomic E-state index is 14.5. The Kier molecular flexibility index (Phi) is 6.58. The largest absolute Gasteiger partial charge is 0.468 e. The Bertz CT molecular complexity index is 859. The number of aryl methyl sites for hydroxylation is 1. The van der Waals surface area contributed by atoms with E-state index in [2.05, 4.69) is 10.4 Å². The zero-order chi connectivity index (χ0) is 21.0. The van der Waals surface area contributed by atoms with Gasteiger partial charge < -0.3 is 10.1 Å². The van der Waals surface area contributed by atoms with Gasteiger partial charge in [0.25, 0.3) is 0 Å². The van der Waals surface area contributed by atoms with E-state index in [9.17, 15) is 18.4 Å². The van der Waals surface area contributed by atoms with Crippen molar-refractivity contribution in [2.45, 2.75) is 31.5 Å². The summed E-state index contributed by atoms with van der Waals surface area (Å²) in [6.07, 6.45) is 4.33. The van der Waals surface area contributed by atoms with E-state index in [1.807, 2.05) is 12.3 Å². The number of likely N-dealkylation sites (tertiary alicyclic amines) is 1. The number of carbonyl (C=O) groups is 2. The Morgan fingerprint density at radius 2 is 2.10 bits per heavy atom. The molecule has 156 valence electrons. The molecule has 0 saturated carbocycles. The number of rotatable bonds is 7. The van der Waals surface area contributed by atoms with Gasteiger partial charge in [0.2, 0.25) is 5.91 Å². The Labute approximate surface area is 167 Å². The van der Waals surface area contributed by atoms with Crippen molar-refractivity contribution in [3.05, 3.63) is 53.9 Å². The standard InChI is InChI=1S/C20H24F2N4O3/c1-25-16(20(28)29-2)12-14(18(25)13-6-3-7-15(21)17(13)22)19(27)23-8-4-10-26-11-5-9-24-26/h3,5-7,9,11,14,16,18H,4,8,10,12H2,1-2H3,(H,23,27)/t14-,16-,18-/m0/s1. The first-order valence-electron chi connectivity index (χ1n) is 9.42. The van der Waals surface area contributed by atoms with Crippen molar-refractivity contribution in [1.82, 2.24) is 20.0 Å². The van der Waals surface area contributed by atoms with Gasteiger partial charge in [-0.2, -0.15) is 5.10 Å². The topological polar surface area (TPSA) is 76.5 Å². The lowest BCUT2D eigenvalue weighted by Crippen LogP contribution is -2.37. The molecule has 2 aromatic rings. The number of nitrogens with zero attached hydrogens (tertiary/aromatic N) is 3. The van der Waals surface area contributed by atoms with E-state index in [0.29, 0.717) is 19.5 Å². The maximum absolute atomic E-state index is 14.5. The third-order valence-corrected chi connectivity index (χ3v) is 5.32. The minimum Gasteiger partial charge on any atom is -0.468 e. The quantitative estimate of drug-likeness (QED) is 0.562. The van der Waals surface area contributed by atoms with Crippen molar-refractivity contribution in [1.29, 1.82) is 0 Å². The lowest BCUT2D eigenvalue weighted by atomic mass is 9.91. The monoisotopic (exact) mass is 406 g/mol. The van der Waals surface area contributed by atoms with Crippen LogP contribution in [-0.2, 0) is 20.9 Å². The molecule has 0 radical (unpaired) electrons. The second-order valence-electron chi connectivity index (χ2n) is 7.05. The fourth-order valence-electron chi connectivity index (χ4n) is 3.86. The summed E-state index contributed by atoms with van der Waals surface area (Å²) in [6, 6.07) is 4.19. The summed E-state index contributed by atoms with van der Waals surface area (Å²) in [5.74, 6) is -3.53. The van der Waals surface area contributed by atoms with E-state index in [-0.39, 0.29) is 17.9 Å². The summed E-state index contributed by atoms with van der Waals surface area (Å²) in [6.45, 7) is 1.05. The van der Waals surface area contributed by atoms with Gasteiger partial charge in [-0.3, -0.25) is 19.2 Å². The molecule has 1 fully saturated rings. The molecule has 0 unspecified atom stereocenters. The van der Waals surface area contributed by atoms with Crippen LogP contribution in [0.2, 0.25) is 0 Å². The highest BCUT2D eigenvalue weighted by Crippen LogP contribution is 2.41. The van der Waals surface area contributed by atoms with Crippen LogP contribution in [0.1, 0.15) is 24.4 Å². The van der Waals surface area contributed by atoms with Crippen molar-refractivity contribution >= 4 is 11.9 Å². The molecule has 2 heterocycles. The molecule has 3 atom stereocenters. The number of halogens is 2. The summed E-state index contributed by atoms with van der Waals surface area (Å²) in [7, 11) is 2.87. The van der Waals surface area contributed by atoms with Crippen LogP contribution in [-0.4, -0.2) is 53.3 Å². The van der Waals surface area contributed by atoms with Crippen molar-refractivity contribution in [2.24, 2.45) is 5.92 Å². The fraction of sp³-hybridized carbons (Fsp3) is 0.450. The molecular formula is C20H24F2N4O3. The van der Waals surface area contributed by atoms with Crippen molar-refractivity contribution in [2.75, 3.05) is 20.7 Å². The van der Waals surface area contributed by atoms with Gasteiger partial charge in [-0.05, 0) is 32.0 Å². The summed E-state index contributed by atoms with van der Waals surface area (Å²) in [5.41, 5.74) is 0.0515. The highest BCUT2D eigenvalue weighted by molar-refractivity contribution is 5.83. The van der Waals surface area contributed by atoms with Crippen LogP contribution < -0.4 is 5.32 Å². The molecule has 3 rings (SSSR count). The Balaban J connectivity index is 1.74. The van der Waals surface area contributed by atoms with Gasteiger partial charge in [0.05, 0.1) is 13.0 Å². The highest BCUT2D eigenvalue weighted by atomic mass is 19.2. The molecule has 1 aromatic heterocycles. The van der Waals surface area contributed by atoms with Crippen molar-refractivity contribution in [3.63, 3.8) is 0 Å². The van der Waals surface area contributed by atoms with Crippen LogP contribution >= 0.6 is 0 Å². The first-order chi connectivity index (χ1) is 13.9. The van der Waals surface area contributed by atoms with E-state index >= 15 is 0 Å². The zero-order valence-electron chi connectivity index (χ0n) is 16.3. The van der Waals surface area contributed by atoms with E-state index < -0.39 is 35.6 Å². The first kappa shape index (κ1) is 20.9. The second-order valence-corrected chi connectivity index (χ2v) is 7.05. The molecule has 1 aliphatic rings. The number of likely N-dealkylation sites (N-methyl/N-ethyl adjacent to an activating group) is 1. The van der Waals surface area contributed by atoms with Gasteiger partial charge in [0.1, 0.15) is 6.04 Å². The smallest absolute Gasteiger partial charge is 0.323 e. The number of benzene rings is 1. The van der Waals surface area contributed by atoms with E-state index in [4.69, 9.17) is 4.74 Å². The normalized spacial score (nSPS) is 21.9. The molecule has 29 heavy (non-hydrogen) atoms. The Morgan fingerprint density at radius 1 is 1.31 bits per heavy atom. The summed E-state index contributed by atoms with van der Waals surface area (Å²) in [4.78, 5) is 26.6. The predicted molar refractivity (Wildman–Crippen MR) is 101 cm³/mol. The Hall–Kier alpha value is -2.81. The van der Waals surface area contributed by atoms with Crippen LogP contribution in [0.3, 0.4) is 0 Å². The highest BCUT2D eigenvalue weighted by Gasteiger charge is 2.47. The molecule has 0 spiro atoms. The fourth-order valence-corrected chi connectivity index (χ4v) is 3.86. The lowest BCUT2D eigenvalue weighted by Gasteiger charge is -2.27. The van der Waals surface area contributed by atoms with E-state index in [0.717, 1.165) is 6.07 Å². The Morgan fingerprint density at radius 3 is 2.79 bits per heavy atom.